The molecule has 1 fully saturated rings. The minimum Gasteiger partial charge on any atom is -0.491 e. The monoisotopic (exact) mass is 376 g/mol. The van der Waals surface area contributed by atoms with Gasteiger partial charge in [0, 0.05) is 19.2 Å². The van der Waals surface area contributed by atoms with Crippen LogP contribution >= 0.6 is 11.3 Å². The van der Waals surface area contributed by atoms with Gasteiger partial charge in [-0.05, 0) is 12.5 Å². The molecule has 7 heteroatoms. The molecule has 0 saturated carbocycles. The highest BCUT2D eigenvalue weighted by Crippen LogP contribution is 2.37. The fourth-order valence-corrected chi connectivity index (χ4v) is 4.12. The summed E-state index contributed by atoms with van der Waals surface area (Å²) in [6, 6.07) is 3.85. The molecule has 0 aliphatic carbocycles. The molecule has 0 atom stereocenters. The van der Waals surface area contributed by atoms with Gasteiger partial charge < -0.3 is 14.4 Å². The fourth-order valence-electron chi connectivity index (χ4n) is 3.09. The van der Waals surface area contributed by atoms with Gasteiger partial charge in [0.2, 0.25) is 0 Å². The first-order chi connectivity index (χ1) is 12.8. The molecular formula is C19H28N4O2S. The van der Waals surface area contributed by atoms with Gasteiger partial charge in [0.1, 0.15) is 11.4 Å². The Labute approximate surface area is 159 Å². The van der Waals surface area contributed by atoms with E-state index in [9.17, 15) is 0 Å². The molecule has 1 saturated heterocycles. The van der Waals surface area contributed by atoms with Gasteiger partial charge in [0.05, 0.1) is 30.0 Å². The summed E-state index contributed by atoms with van der Waals surface area (Å²) in [6.45, 7) is 6.14. The second kappa shape index (κ2) is 9.83. The van der Waals surface area contributed by atoms with Crippen LogP contribution in [0.15, 0.2) is 17.2 Å². The van der Waals surface area contributed by atoms with Gasteiger partial charge in [-0.25, -0.2) is 10.5 Å². The molecule has 3 rings (SSSR count). The Kier molecular flexibility index (Phi) is 7.20. The van der Waals surface area contributed by atoms with Crippen LogP contribution in [0.1, 0.15) is 45.4 Å². The second-order valence-corrected chi connectivity index (χ2v) is 7.62. The smallest absolute Gasteiger partial charge is 0.186 e. The van der Waals surface area contributed by atoms with Crippen LogP contribution in [-0.4, -0.2) is 37.9 Å². The molecule has 0 amide bonds. The zero-order chi connectivity index (χ0) is 18.2. The summed E-state index contributed by atoms with van der Waals surface area (Å²) in [5.74, 6) is 0.693. The first kappa shape index (κ1) is 19.0. The van der Waals surface area contributed by atoms with E-state index in [2.05, 4.69) is 16.9 Å². The number of unbranched alkanes of at least 4 members (excludes halogenated alkanes) is 5. The SMILES string of the molecule is CCCCCCCCOc1cc2sc(N3CCOCC3)nc2cc1N=N. The van der Waals surface area contributed by atoms with Crippen molar-refractivity contribution in [3.8, 4) is 5.75 Å². The minimum absolute atomic E-state index is 0.558. The van der Waals surface area contributed by atoms with Crippen molar-refractivity contribution in [1.82, 2.24) is 4.98 Å². The molecule has 26 heavy (non-hydrogen) atoms. The van der Waals surface area contributed by atoms with Gasteiger partial charge in [-0.3, -0.25) is 0 Å². The van der Waals surface area contributed by atoms with Crippen LogP contribution < -0.4 is 9.64 Å². The van der Waals surface area contributed by atoms with Gasteiger partial charge in [-0.1, -0.05) is 50.4 Å². The molecule has 0 unspecified atom stereocenters. The number of aromatic nitrogens is 1. The van der Waals surface area contributed by atoms with E-state index in [1.807, 2.05) is 12.1 Å². The molecule has 2 aromatic rings. The molecule has 1 aromatic heterocycles. The van der Waals surface area contributed by atoms with Crippen molar-refractivity contribution in [2.24, 2.45) is 5.11 Å². The summed E-state index contributed by atoms with van der Waals surface area (Å²) in [5.41, 5.74) is 8.89. The van der Waals surface area contributed by atoms with E-state index >= 15 is 0 Å². The Balaban J connectivity index is 1.62. The van der Waals surface area contributed by atoms with Crippen LogP contribution in [0.5, 0.6) is 5.75 Å². The predicted octanol–water partition coefficient (Wildman–Crippen LogP) is 5.53. The Hall–Kier alpha value is -1.73. The van der Waals surface area contributed by atoms with E-state index in [0.717, 1.165) is 48.1 Å². The molecule has 1 aromatic carbocycles. The first-order valence-electron chi connectivity index (χ1n) is 9.59. The number of benzene rings is 1. The van der Waals surface area contributed by atoms with Crippen molar-refractivity contribution in [2.45, 2.75) is 45.4 Å². The molecule has 2 heterocycles. The van der Waals surface area contributed by atoms with Gasteiger partial charge >= 0.3 is 0 Å². The van der Waals surface area contributed by atoms with Crippen LogP contribution in [0, 0.1) is 5.53 Å². The highest BCUT2D eigenvalue weighted by atomic mass is 32.1. The van der Waals surface area contributed by atoms with Crippen LogP contribution in [0.25, 0.3) is 10.2 Å². The van der Waals surface area contributed by atoms with Crippen molar-refractivity contribution in [3.05, 3.63) is 12.1 Å². The van der Waals surface area contributed by atoms with Crippen molar-refractivity contribution in [2.75, 3.05) is 37.8 Å². The lowest BCUT2D eigenvalue weighted by Crippen LogP contribution is -2.36. The number of morpholine rings is 1. The number of nitrogens with zero attached hydrogens (tertiary/aromatic N) is 3. The zero-order valence-electron chi connectivity index (χ0n) is 15.5. The summed E-state index contributed by atoms with van der Waals surface area (Å²) in [4.78, 5) is 6.97. The van der Waals surface area contributed by atoms with Crippen LogP contribution in [0.3, 0.4) is 0 Å². The van der Waals surface area contributed by atoms with Gasteiger partial charge in [-0.15, -0.1) is 0 Å². The first-order valence-corrected chi connectivity index (χ1v) is 10.4. The topological polar surface area (TPSA) is 70.8 Å². The van der Waals surface area contributed by atoms with Crippen molar-refractivity contribution < 1.29 is 9.47 Å². The van der Waals surface area contributed by atoms with Crippen molar-refractivity contribution in [1.29, 1.82) is 5.53 Å². The third-order valence-corrected chi connectivity index (χ3v) is 5.69. The number of ether oxygens (including phenoxy) is 2. The Morgan fingerprint density at radius 1 is 1.19 bits per heavy atom. The Morgan fingerprint density at radius 3 is 2.73 bits per heavy atom. The van der Waals surface area contributed by atoms with E-state index < -0.39 is 0 Å². The third-order valence-electron chi connectivity index (χ3n) is 4.62. The molecule has 6 nitrogen and oxygen atoms in total. The fraction of sp³-hybridized carbons (Fsp3) is 0.632. The second-order valence-electron chi connectivity index (χ2n) is 6.61. The summed E-state index contributed by atoms with van der Waals surface area (Å²) >= 11 is 1.67. The maximum Gasteiger partial charge on any atom is 0.186 e. The summed E-state index contributed by atoms with van der Waals surface area (Å²) < 4.78 is 12.4. The number of anilines is 1. The molecule has 0 radical (unpaired) electrons. The summed E-state index contributed by atoms with van der Waals surface area (Å²) in [5, 5.41) is 4.64. The number of hydrogen-bond donors (Lipinski definition) is 1. The summed E-state index contributed by atoms with van der Waals surface area (Å²) in [6.07, 6.45) is 7.39. The van der Waals surface area contributed by atoms with E-state index in [1.165, 1.54) is 32.1 Å². The number of thiazole rings is 1. The molecule has 142 valence electrons. The lowest BCUT2D eigenvalue weighted by molar-refractivity contribution is 0.122. The highest BCUT2D eigenvalue weighted by molar-refractivity contribution is 7.22. The molecular weight excluding hydrogens is 348 g/mol. The van der Waals surface area contributed by atoms with Crippen molar-refractivity contribution >= 4 is 32.4 Å². The van der Waals surface area contributed by atoms with E-state index in [1.54, 1.807) is 11.3 Å². The normalized spacial score (nSPS) is 14.7. The Morgan fingerprint density at radius 2 is 1.96 bits per heavy atom. The van der Waals surface area contributed by atoms with Crippen molar-refractivity contribution in [3.63, 3.8) is 0 Å². The van der Waals surface area contributed by atoms with Crippen LogP contribution in [0.2, 0.25) is 0 Å². The molecule has 1 aliphatic heterocycles. The predicted molar refractivity (Wildman–Crippen MR) is 106 cm³/mol. The molecule has 0 bridgehead atoms. The van der Waals surface area contributed by atoms with E-state index in [0.29, 0.717) is 18.0 Å². The standard InChI is InChI=1S/C19H28N4O2S/c1-2-3-4-5-6-7-10-25-17-14-18-16(13-15(17)22-20)21-19(26-18)23-8-11-24-12-9-23/h13-14,20H,2-12H2,1H3. The maximum absolute atomic E-state index is 7.45. The molecule has 1 N–H and O–H groups in total. The van der Waals surface area contributed by atoms with Crippen LogP contribution in [0.4, 0.5) is 10.8 Å². The number of fused-ring (bicyclic) bond motifs is 1. The highest BCUT2D eigenvalue weighted by Gasteiger charge is 2.17. The average Bonchev–Trinajstić information content (AvgIpc) is 3.10. The maximum atomic E-state index is 7.45. The number of hydrogen-bond acceptors (Lipinski definition) is 7. The largest absolute Gasteiger partial charge is 0.491 e. The minimum atomic E-state index is 0.558. The quantitative estimate of drug-likeness (QED) is 0.437. The van der Waals surface area contributed by atoms with E-state index in [-0.39, 0.29) is 0 Å². The van der Waals surface area contributed by atoms with E-state index in [4.69, 9.17) is 20.0 Å². The number of nitrogens with one attached hydrogen (secondary N) is 1. The van der Waals surface area contributed by atoms with Gasteiger partial charge in [0.15, 0.2) is 5.13 Å². The average molecular weight is 377 g/mol. The number of rotatable bonds is 10. The lowest BCUT2D eigenvalue weighted by atomic mass is 10.1. The molecule has 0 spiro atoms. The van der Waals surface area contributed by atoms with Gasteiger partial charge in [-0.2, -0.15) is 5.11 Å². The van der Waals surface area contributed by atoms with Gasteiger partial charge in [0.25, 0.3) is 0 Å². The Bertz CT molecular complexity index is 713. The zero-order valence-corrected chi connectivity index (χ0v) is 16.3. The summed E-state index contributed by atoms with van der Waals surface area (Å²) in [7, 11) is 0. The third kappa shape index (κ3) is 4.92. The molecule has 1 aliphatic rings. The lowest BCUT2D eigenvalue weighted by Gasteiger charge is -2.25. The van der Waals surface area contributed by atoms with Crippen LogP contribution in [-0.2, 0) is 4.74 Å².